The number of amides is 2. The Bertz CT molecular complexity index is 295. The topological polar surface area (TPSA) is 72.9 Å². The lowest BCUT2D eigenvalue weighted by Gasteiger charge is -2.23. The summed E-state index contributed by atoms with van der Waals surface area (Å²) in [6.07, 6.45) is 0.687. The van der Waals surface area contributed by atoms with Crippen LogP contribution in [0, 0.1) is 0 Å². The van der Waals surface area contributed by atoms with Crippen molar-refractivity contribution in [3.63, 3.8) is 0 Å². The number of ether oxygens (including phenoxy) is 2. The first-order valence-electron chi connectivity index (χ1n) is 5.90. The summed E-state index contributed by atoms with van der Waals surface area (Å²) < 4.78 is 9.21. The van der Waals surface area contributed by atoms with Crippen LogP contribution in [0.2, 0.25) is 0 Å². The van der Waals surface area contributed by atoms with Crippen molar-refractivity contribution in [3.8, 4) is 0 Å². The minimum absolute atomic E-state index is 0.130. The van der Waals surface area contributed by atoms with Crippen molar-refractivity contribution in [3.05, 3.63) is 0 Å². The fourth-order valence-corrected chi connectivity index (χ4v) is 1.23. The molecule has 0 aromatic heterocycles. The molecule has 6 heteroatoms. The molecule has 104 valence electrons. The number of nitrogens with zero attached hydrogens (tertiary/aromatic N) is 1. The maximum absolute atomic E-state index is 11.4. The SMILES string of the molecule is CC(C)(C)OC(=O)N1CCCC1=O.CCOC=O. The maximum Gasteiger partial charge on any atom is 0.417 e. The van der Waals surface area contributed by atoms with Crippen LogP contribution in [-0.2, 0) is 19.1 Å². The monoisotopic (exact) mass is 259 g/mol. The number of hydrogen-bond donors (Lipinski definition) is 0. The Hall–Kier alpha value is -1.59. The number of carbonyl (C=O) groups excluding carboxylic acids is 3. The summed E-state index contributed by atoms with van der Waals surface area (Å²) in [4.78, 5) is 32.8. The van der Waals surface area contributed by atoms with Gasteiger partial charge >= 0.3 is 6.09 Å². The Morgan fingerprint density at radius 1 is 1.44 bits per heavy atom. The van der Waals surface area contributed by atoms with Gasteiger partial charge in [0.25, 0.3) is 6.47 Å². The van der Waals surface area contributed by atoms with E-state index in [0.29, 0.717) is 26.0 Å². The van der Waals surface area contributed by atoms with E-state index in [4.69, 9.17) is 4.74 Å². The third-order valence-corrected chi connectivity index (χ3v) is 1.92. The average molecular weight is 259 g/mol. The lowest BCUT2D eigenvalue weighted by atomic mass is 10.2. The fourth-order valence-electron chi connectivity index (χ4n) is 1.23. The largest absolute Gasteiger partial charge is 0.468 e. The first-order valence-corrected chi connectivity index (χ1v) is 5.90. The van der Waals surface area contributed by atoms with E-state index in [1.165, 1.54) is 4.90 Å². The Kier molecular flexibility index (Phi) is 7.00. The zero-order chi connectivity index (χ0) is 14.2. The quantitative estimate of drug-likeness (QED) is 0.706. The molecule has 1 aliphatic heterocycles. The normalized spacial score (nSPS) is 14.7. The summed E-state index contributed by atoms with van der Waals surface area (Å²) in [7, 11) is 0. The molecular weight excluding hydrogens is 238 g/mol. The molecule has 18 heavy (non-hydrogen) atoms. The van der Waals surface area contributed by atoms with Gasteiger partial charge in [0.1, 0.15) is 5.60 Å². The van der Waals surface area contributed by atoms with Gasteiger partial charge in [0.05, 0.1) is 6.61 Å². The summed E-state index contributed by atoms with van der Waals surface area (Å²) >= 11 is 0. The summed E-state index contributed by atoms with van der Waals surface area (Å²) in [6.45, 7) is 8.51. The van der Waals surface area contributed by atoms with Gasteiger partial charge in [-0.25, -0.2) is 9.69 Å². The maximum atomic E-state index is 11.4. The van der Waals surface area contributed by atoms with E-state index in [1.54, 1.807) is 27.7 Å². The van der Waals surface area contributed by atoms with Crippen LogP contribution in [0.1, 0.15) is 40.5 Å². The Balaban J connectivity index is 0.000000494. The molecule has 0 N–H and O–H groups in total. The van der Waals surface area contributed by atoms with Crippen molar-refractivity contribution in [2.75, 3.05) is 13.2 Å². The minimum Gasteiger partial charge on any atom is -0.468 e. The molecule has 0 aliphatic carbocycles. The Morgan fingerprint density at radius 3 is 2.33 bits per heavy atom. The summed E-state index contributed by atoms with van der Waals surface area (Å²) in [5.41, 5.74) is -0.528. The molecular formula is C12H21NO5. The van der Waals surface area contributed by atoms with Gasteiger partial charge in [-0.3, -0.25) is 9.59 Å². The Labute approximate surface area is 107 Å². The van der Waals surface area contributed by atoms with E-state index in [9.17, 15) is 14.4 Å². The molecule has 0 atom stereocenters. The van der Waals surface area contributed by atoms with E-state index in [1.807, 2.05) is 0 Å². The zero-order valence-electron chi connectivity index (χ0n) is 11.4. The molecule has 0 bridgehead atoms. The van der Waals surface area contributed by atoms with Crippen LogP contribution < -0.4 is 0 Å². The second-order valence-corrected chi connectivity index (χ2v) is 4.68. The van der Waals surface area contributed by atoms with Gasteiger partial charge in [0.2, 0.25) is 5.91 Å². The third kappa shape index (κ3) is 6.88. The molecule has 1 rings (SSSR count). The molecule has 0 saturated carbocycles. The van der Waals surface area contributed by atoms with Gasteiger partial charge in [-0.05, 0) is 34.1 Å². The highest BCUT2D eigenvalue weighted by atomic mass is 16.6. The third-order valence-electron chi connectivity index (χ3n) is 1.92. The van der Waals surface area contributed by atoms with Gasteiger partial charge in [0, 0.05) is 13.0 Å². The molecule has 1 heterocycles. The highest BCUT2D eigenvalue weighted by Gasteiger charge is 2.30. The number of imide groups is 1. The standard InChI is InChI=1S/C9H15NO3.C3H6O2/c1-9(2,3)13-8(12)10-6-4-5-7(10)11;1-2-5-3-4/h4-6H2,1-3H3;3H,2H2,1H3. The van der Waals surface area contributed by atoms with Gasteiger partial charge in [0.15, 0.2) is 0 Å². The average Bonchev–Trinajstić information content (AvgIpc) is 2.64. The van der Waals surface area contributed by atoms with Gasteiger partial charge in [-0.1, -0.05) is 0 Å². The number of carbonyl (C=O) groups is 3. The van der Waals surface area contributed by atoms with Gasteiger partial charge in [-0.15, -0.1) is 0 Å². The van der Waals surface area contributed by atoms with Crippen LogP contribution >= 0.6 is 0 Å². The van der Waals surface area contributed by atoms with Crippen LogP contribution in [0.5, 0.6) is 0 Å². The van der Waals surface area contributed by atoms with Crippen LogP contribution in [0.3, 0.4) is 0 Å². The van der Waals surface area contributed by atoms with E-state index in [0.717, 1.165) is 6.42 Å². The lowest BCUT2D eigenvalue weighted by Crippen LogP contribution is -2.37. The lowest BCUT2D eigenvalue weighted by molar-refractivity contribution is -0.128. The van der Waals surface area contributed by atoms with E-state index in [-0.39, 0.29) is 5.91 Å². The predicted octanol–water partition coefficient (Wildman–Crippen LogP) is 1.72. The highest BCUT2D eigenvalue weighted by molar-refractivity contribution is 5.93. The van der Waals surface area contributed by atoms with Crippen molar-refractivity contribution >= 4 is 18.5 Å². The molecule has 1 fully saturated rings. The second kappa shape index (κ2) is 7.68. The van der Waals surface area contributed by atoms with Crippen LogP contribution in [0.4, 0.5) is 4.79 Å². The minimum atomic E-state index is -0.528. The molecule has 6 nitrogen and oxygen atoms in total. The Morgan fingerprint density at radius 2 is 2.06 bits per heavy atom. The van der Waals surface area contributed by atoms with Crippen molar-refractivity contribution in [2.45, 2.75) is 46.1 Å². The van der Waals surface area contributed by atoms with Gasteiger partial charge in [-0.2, -0.15) is 0 Å². The molecule has 0 unspecified atom stereocenters. The van der Waals surface area contributed by atoms with E-state index < -0.39 is 11.7 Å². The molecule has 1 aliphatic rings. The highest BCUT2D eigenvalue weighted by Crippen LogP contribution is 2.15. The van der Waals surface area contributed by atoms with Crippen molar-refractivity contribution in [1.29, 1.82) is 0 Å². The summed E-state index contributed by atoms with van der Waals surface area (Å²) in [5, 5.41) is 0. The van der Waals surface area contributed by atoms with Crippen LogP contribution in [-0.4, -0.2) is 42.1 Å². The van der Waals surface area contributed by atoms with Gasteiger partial charge < -0.3 is 9.47 Å². The first kappa shape index (κ1) is 16.4. The predicted molar refractivity (Wildman–Crippen MR) is 64.9 cm³/mol. The molecule has 0 aromatic carbocycles. The zero-order valence-corrected chi connectivity index (χ0v) is 11.4. The smallest absolute Gasteiger partial charge is 0.417 e. The van der Waals surface area contributed by atoms with Crippen LogP contribution in [0.15, 0.2) is 0 Å². The van der Waals surface area contributed by atoms with E-state index in [2.05, 4.69) is 4.74 Å². The second-order valence-electron chi connectivity index (χ2n) is 4.68. The summed E-state index contributed by atoms with van der Waals surface area (Å²) in [6, 6.07) is 0. The van der Waals surface area contributed by atoms with E-state index >= 15 is 0 Å². The fraction of sp³-hybridized carbons (Fsp3) is 0.750. The number of hydrogen-bond acceptors (Lipinski definition) is 5. The summed E-state index contributed by atoms with van der Waals surface area (Å²) in [5.74, 6) is -0.130. The number of likely N-dealkylation sites (tertiary alicyclic amines) is 1. The number of rotatable bonds is 2. The van der Waals surface area contributed by atoms with Crippen molar-refractivity contribution in [1.82, 2.24) is 4.90 Å². The molecule has 0 spiro atoms. The van der Waals surface area contributed by atoms with Crippen LogP contribution in [0.25, 0.3) is 0 Å². The first-order chi connectivity index (χ1) is 8.31. The van der Waals surface area contributed by atoms with Crippen molar-refractivity contribution in [2.24, 2.45) is 0 Å². The molecule has 0 aromatic rings. The molecule has 1 saturated heterocycles. The molecule has 0 radical (unpaired) electrons. The van der Waals surface area contributed by atoms with Crippen molar-refractivity contribution < 1.29 is 23.9 Å². The molecule has 2 amide bonds.